The van der Waals surface area contributed by atoms with Gasteiger partial charge in [0.15, 0.2) is 6.10 Å². The first-order valence-corrected chi connectivity index (χ1v) is 25.1. The SMILES string of the molecule is CC/C=C\C/C=C\C/C=C\C/C=C\C/C=C\CCCCCC(=O)OCC(COCCCCCCCCCCCCCC)OC(=O)C/C=C\C/C=C\C/C=C\C/C=C\C/C=C\CC. The maximum atomic E-state index is 12.7. The summed E-state index contributed by atoms with van der Waals surface area (Å²) in [5, 5.41) is 0. The molecule has 1 atom stereocenters. The molecule has 5 heteroatoms. The second kappa shape index (κ2) is 51.6. The van der Waals surface area contributed by atoms with E-state index in [1.807, 2.05) is 12.2 Å². The molecule has 0 aliphatic rings. The molecule has 1 unspecified atom stereocenters. The molecular weight excluding hydrogens is 765 g/mol. The number of unbranched alkanes of at least 4 members (excludes halogenated alkanes) is 14. The van der Waals surface area contributed by atoms with Crippen molar-refractivity contribution in [3.8, 4) is 0 Å². The zero-order valence-electron chi connectivity index (χ0n) is 40.1. The number of carbonyl (C=O) groups is 2. The molecule has 0 aromatic heterocycles. The van der Waals surface area contributed by atoms with Crippen molar-refractivity contribution in [1.82, 2.24) is 0 Å². The van der Waals surface area contributed by atoms with E-state index in [1.54, 1.807) is 0 Å². The Morgan fingerprint density at radius 3 is 1.23 bits per heavy atom. The molecule has 0 amide bonds. The van der Waals surface area contributed by atoms with Crippen LogP contribution in [0.5, 0.6) is 0 Å². The van der Waals surface area contributed by atoms with Crippen LogP contribution in [0.2, 0.25) is 0 Å². The predicted octanol–water partition coefficient (Wildman–Crippen LogP) is 17.0. The number of esters is 2. The van der Waals surface area contributed by atoms with Gasteiger partial charge in [0.2, 0.25) is 0 Å². The van der Waals surface area contributed by atoms with Crippen molar-refractivity contribution >= 4 is 11.9 Å². The molecule has 0 N–H and O–H groups in total. The highest BCUT2D eigenvalue weighted by atomic mass is 16.6. The van der Waals surface area contributed by atoms with Crippen LogP contribution in [0.3, 0.4) is 0 Å². The fourth-order valence-corrected chi connectivity index (χ4v) is 6.38. The van der Waals surface area contributed by atoms with Gasteiger partial charge in [-0.15, -0.1) is 0 Å². The Morgan fingerprint density at radius 2 is 0.774 bits per heavy atom. The van der Waals surface area contributed by atoms with E-state index >= 15 is 0 Å². The van der Waals surface area contributed by atoms with Crippen molar-refractivity contribution in [3.05, 3.63) is 122 Å². The summed E-state index contributed by atoms with van der Waals surface area (Å²) in [4.78, 5) is 25.3. The first kappa shape index (κ1) is 58.3. The van der Waals surface area contributed by atoms with E-state index in [0.717, 1.165) is 103 Å². The number of carbonyl (C=O) groups excluding carboxylic acids is 2. The monoisotopic (exact) mass is 857 g/mol. The average Bonchev–Trinajstić information content (AvgIpc) is 3.27. The first-order valence-electron chi connectivity index (χ1n) is 25.1. The van der Waals surface area contributed by atoms with Gasteiger partial charge in [0.1, 0.15) is 6.61 Å². The fourth-order valence-electron chi connectivity index (χ4n) is 6.38. The van der Waals surface area contributed by atoms with Gasteiger partial charge < -0.3 is 14.2 Å². The van der Waals surface area contributed by atoms with Gasteiger partial charge in [-0.2, -0.15) is 0 Å². The van der Waals surface area contributed by atoms with Crippen LogP contribution in [-0.4, -0.2) is 37.9 Å². The van der Waals surface area contributed by atoms with E-state index in [-0.39, 0.29) is 31.6 Å². The molecule has 0 radical (unpaired) electrons. The van der Waals surface area contributed by atoms with Crippen LogP contribution < -0.4 is 0 Å². The van der Waals surface area contributed by atoms with Crippen molar-refractivity contribution < 1.29 is 23.8 Å². The third-order valence-corrected chi connectivity index (χ3v) is 10.0. The Hall–Kier alpha value is -3.70. The van der Waals surface area contributed by atoms with E-state index in [4.69, 9.17) is 14.2 Å². The van der Waals surface area contributed by atoms with Gasteiger partial charge in [-0.05, 0) is 89.9 Å². The third-order valence-electron chi connectivity index (χ3n) is 10.0. The number of ether oxygens (including phenoxy) is 3. The summed E-state index contributed by atoms with van der Waals surface area (Å²) in [6.45, 7) is 7.44. The standard InChI is InChI=1S/C57H92O5/c1-4-7-10-13-16-19-22-25-27-28-29-30-32-33-35-38-41-44-47-50-56(58)61-54-55(53-60-52-49-46-43-40-37-24-21-18-15-12-9-6-3)62-57(59)51-48-45-42-39-36-34-31-26-23-20-17-14-11-8-5-2/h7-8,10-11,16-17,19-20,25-27,29-31,33,35-36,39,45,48,55H,4-6,9,12-15,18,21-24,28,32,34,37-38,40-44,46-47,49-54H2,1-3H3/b10-7-,11-8-,19-16-,20-17-,27-25-,30-29-,31-26-,35-33-,39-36-,48-45-. The van der Waals surface area contributed by atoms with Crippen molar-refractivity contribution in [1.29, 1.82) is 0 Å². The smallest absolute Gasteiger partial charge is 0.310 e. The number of hydrogen-bond donors (Lipinski definition) is 0. The quantitative estimate of drug-likeness (QED) is 0.0347. The summed E-state index contributed by atoms with van der Waals surface area (Å²) in [6, 6.07) is 0. The van der Waals surface area contributed by atoms with Gasteiger partial charge in [0, 0.05) is 13.0 Å². The molecule has 0 saturated heterocycles. The minimum absolute atomic E-state index is 0.0225. The summed E-state index contributed by atoms with van der Waals surface area (Å²) >= 11 is 0. The summed E-state index contributed by atoms with van der Waals surface area (Å²) in [7, 11) is 0. The van der Waals surface area contributed by atoms with Gasteiger partial charge in [-0.1, -0.05) is 219 Å². The highest BCUT2D eigenvalue weighted by Crippen LogP contribution is 2.13. The largest absolute Gasteiger partial charge is 0.462 e. The van der Waals surface area contributed by atoms with E-state index < -0.39 is 6.10 Å². The molecule has 0 spiro atoms. The molecule has 0 heterocycles. The van der Waals surface area contributed by atoms with Gasteiger partial charge >= 0.3 is 11.9 Å². The normalized spacial score (nSPS) is 13.3. The molecule has 0 fully saturated rings. The lowest BCUT2D eigenvalue weighted by atomic mass is 10.1. The van der Waals surface area contributed by atoms with E-state index in [9.17, 15) is 9.59 Å². The molecule has 0 saturated carbocycles. The van der Waals surface area contributed by atoms with Gasteiger partial charge in [-0.3, -0.25) is 9.59 Å². The molecule has 350 valence electrons. The molecule has 0 aliphatic heterocycles. The van der Waals surface area contributed by atoms with Crippen molar-refractivity contribution in [2.24, 2.45) is 0 Å². The van der Waals surface area contributed by atoms with Crippen LogP contribution in [0.4, 0.5) is 0 Å². The molecule has 0 aromatic carbocycles. The maximum Gasteiger partial charge on any atom is 0.310 e. The molecule has 0 aromatic rings. The van der Waals surface area contributed by atoms with Gasteiger partial charge in [0.25, 0.3) is 0 Å². The molecule has 5 nitrogen and oxygen atoms in total. The van der Waals surface area contributed by atoms with Crippen LogP contribution in [0, 0.1) is 0 Å². The Kier molecular flexibility index (Phi) is 48.6. The van der Waals surface area contributed by atoms with E-state index in [0.29, 0.717) is 13.0 Å². The molecule has 0 aliphatic carbocycles. The van der Waals surface area contributed by atoms with E-state index in [1.165, 1.54) is 64.2 Å². The van der Waals surface area contributed by atoms with Crippen LogP contribution in [0.25, 0.3) is 0 Å². The summed E-state index contributed by atoms with van der Waals surface area (Å²) in [5.41, 5.74) is 0. The number of hydrogen-bond acceptors (Lipinski definition) is 5. The zero-order chi connectivity index (χ0) is 44.9. The minimum Gasteiger partial charge on any atom is -0.462 e. The molecule has 0 rings (SSSR count). The lowest BCUT2D eigenvalue weighted by Gasteiger charge is -2.18. The fraction of sp³-hybridized carbons (Fsp3) is 0.614. The van der Waals surface area contributed by atoms with Crippen molar-refractivity contribution in [2.75, 3.05) is 19.8 Å². The lowest BCUT2D eigenvalue weighted by Crippen LogP contribution is -2.29. The highest BCUT2D eigenvalue weighted by Gasteiger charge is 2.17. The van der Waals surface area contributed by atoms with Crippen molar-refractivity contribution in [2.45, 2.75) is 207 Å². The van der Waals surface area contributed by atoms with Crippen molar-refractivity contribution in [3.63, 3.8) is 0 Å². The highest BCUT2D eigenvalue weighted by molar-refractivity contribution is 5.71. The Bertz CT molecular complexity index is 1290. The third kappa shape index (κ3) is 49.0. The second-order valence-corrected chi connectivity index (χ2v) is 16.0. The molecule has 0 bridgehead atoms. The Labute approximate surface area is 382 Å². The minimum atomic E-state index is -0.609. The van der Waals surface area contributed by atoms with E-state index in [2.05, 4.69) is 130 Å². The first-order chi connectivity index (χ1) is 30.6. The van der Waals surface area contributed by atoms with Crippen LogP contribution in [0.1, 0.15) is 201 Å². The Balaban J connectivity index is 4.45. The van der Waals surface area contributed by atoms with Crippen LogP contribution >= 0.6 is 0 Å². The molecule has 62 heavy (non-hydrogen) atoms. The summed E-state index contributed by atoms with van der Waals surface area (Å²) in [6.07, 6.45) is 72.3. The number of allylic oxidation sites excluding steroid dienone is 19. The summed E-state index contributed by atoms with van der Waals surface area (Å²) < 4.78 is 17.2. The zero-order valence-corrected chi connectivity index (χ0v) is 40.1. The Morgan fingerprint density at radius 1 is 0.387 bits per heavy atom. The average molecular weight is 857 g/mol. The van der Waals surface area contributed by atoms with Crippen LogP contribution in [-0.2, 0) is 23.8 Å². The van der Waals surface area contributed by atoms with Gasteiger partial charge in [0.05, 0.1) is 13.0 Å². The number of rotatable bonds is 44. The lowest BCUT2D eigenvalue weighted by molar-refractivity contribution is -0.162. The van der Waals surface area contributed by atoms with Crippen LogP contribution in [0.15, 0.2) is 122 Å². The molecular formula is C57H92O5. The topological polar surface area (TPSA) is 61.8 Å². The summed E-state index contributed by atoms with van der Waals surface area (Å²) in [5.74, 6) is -0.587. The maximum absolute atomic E-state index is 12.7. The van der Waals surface area contributed by atoms with Gasteiger partial charge in [-0.25, -0.2) is 0 Å². The predicted molar refractivity (Wildman–Crippen MR) is 269 cm³/mol. The second-order valence-electron chi connectivity index (χ2n) is 16.0.